The number of methoxy groups -OCH3 is 1. The van der Waals surface area contributed by atoms with E-state index in [1.54, 1.807) is 51.2 Å². The summed E-state index contributed by atoms with van der Waals surface area (Å²) in [5, 5.41) is 14.2. The summed E-state index contributed by atoms with van der Waals surface area (Å²) in [5.74, 6) is 0.0918. The molecule has 0 bridgehead atoms. The molecule has 75 heavy (non-hydrogen) atoms. The number of amides is 4. The van der Waals surface area contributed by atoms with Gasteiger partial charge in [0.05, 0.1) is 51.1 Å². The monoisotopic (exact) mass is 1100 g/mol. The fraction of sp³-hybridized carbons (Fsp3) is 0.415. The Morgan fingerprint density at radius 1 is 0.787 bits per heavy atom. The lowest BCUT2D eigenvalue weighted by atomic mass is 9.95. The van der Waals surface area contributed by atoms with Gasteiger partial charge in [-0.2, -0.15) is 10.1 Å². The third-order valence-electron chi connectivity index (χ3n) is 15.4. The number of piperazine rings is 1. The van der Waals surface area contributed by atoms with Gasteiger partial charge in [-0.05, 0) is 104 Å². The van der Waals surface area contributed by atoms with E-state index in [0.29, 0.717) is 72.8 Å². The number of hydrogen-bond acceptors (Lipinski definition) is 17. The number of halogens is 1. The van der Waals surface area contributed by atoms with Crippen LogP contribution in [-0.4, -0.2) is 159 Å². The number of aromatic nitrogens is 6. The maximum atomic E-state index is 13.6. The topological polar surface area (TPSA) is 216 Å². The third kappa shape index (κ3) is 10.2. The third-order valence-corrected chi connectivity index (χ3v) is 17.5. The minimum absolute atomic E-state index is 0.0928. The predicted molar refractivity (Wildman–Crippen MR) is 291 cm³/mol. The lowest BCUT2D eigenvalue weighted by Crippen LogP contribution is -2.54. The maximum Gasteiger partial charge on any atom is 0.262 e. The van der Waals surface area contributed by atoms with E-state index in [4.69, 9.17) is 9.72 Å². The summed E-state index contributed by atoms with van der Waals surface area (Å²) in [6, 6.07) is 12.8. The largest absolute Gasteiger partial charge is 0.494 e. The zero-order valence-electron chi connectivity index (χ0n) is 42.5. The van der Waals surface area contributed by atoms with Gasteiger partial charge in [-0.1, -0.05) is 0 Å². The molecule has 4 amide bonds. The molecule has 0 spiro atoms. The normalized spacial score (nSPS) is 19.5. The number of imide groups is 2. The number of carbonyl (C=O) groups is 4. The quantitative estimate of drug-likeness (QED) is 0.0863. The van der Waals surface area contributed by atoms with E-state index in [-0.39, 0.29) is 18.7 Å². The number of fused-ring (bicyclic) bond motifs is 2. The van der Waals surface area contributed by atoms with Gasteiger partial charge < -0.3 is 34.6 Å². The molecule has 390 valence electrons. The number of nitrogens with one attached hydrogen (secondary N) is 3. The Morgan fingerprint density at radius 2 is 1.53 bits per heavy atom. The minimum atomic E-state index is -2.81. The smallest absolute Gasteiger partial charge is 0.262 e. The van der Waals surface area contributed by atoms with E-state index >= 15 is 0 Å². The minimum Gasteiger partial charge on any atom is -0.494 e. The number of aryl methyl sites for hydroxylation is 1. The van der Waals surface area contributed by atoms with Crippen LogP contribution in [0.3, 0.4) is 0 Å². The van der Waals surface area contributed by atoms with Crippen LogP contribution in [0, 0.1) is 5.92 Å². The molecule has 4 fully saturated rings. The van der Waals surface area contributed by atoms with Crippen LogP contribution in [0.15, 0.2) is 77.9 Å². The lowest BCUT2D eigenvalue weighted by molar-refractivity contribution is -0.136. The second-order valence-corrected chi connectivity index (χ2v) is 24.5. The first-order valence-corrected chi connectivity index (χ1v) is 29.0. The zero-order chi connectivity index (χ0) is 52.1. The molecule has 0 saturated carbocycles. The molecule has 22 heteroatoms. The molecular formula is C53H60BrN14O6P. The van der Waals surface area contributed by atoms with Crippen molar-refractivity contribution in [3.05, 3.63) is 89.0 Å². The van der Waals surface area contributed by atoms with E-state index in [1.165, 1.54) is 0 Å². The van der Waals surface area contributed by atoms with Crippen LogP contribution in [0.5, 0.6) is 5.75 Å². The van der Waals surface area contributed by atoms with Crippen molar-refractivity contribution in [1.29, 1.82) is 0 Å². The Morgan fingerprint density at radius 3 is 2.25 bits per heavy atom. The van der Waals surface area contributed by atoms with Gasteiger partial charge in [0.25, 0.3) is 11.8 Å². The standard InChI is InChI=1S/C53H60BrN14O6P/c1-63-31-33(28-58-63)37-26-42(60-53-57-29-39(54)49(62-53)59-41-8-7-40-47(56-16-15-55-40)48(41)75(3,4)73)45(74-2)27-44(37)67-19-13-34(14-20-67)66-23-21-64(22-24-66)30-32-11-17-65(18-12-32)35-5-6-36-38(25-35)52(72)68(51(36)71)43-9-10-46(69)61-50(43)70/h5-8,15-16,25-29,31-32,34,43H,9-14,17-24,30H2,1-4H3,(H,61,69,70)(H2,57,59,60,62). The summed E-state index contributed by atoms with van der Waals surface area (Å²) in [5.41, 5.74) is 7.16. The molecule has 5 aliphatic rings. The molecule has 3 aromatic carbocycles. The highest BCUT2D eigenvalue weighted by atomic mass is 79.9. The van der Waals surface area contributed by atoms with Gasteiger partial charge in [-0.15, -0.1) is 0 Å². The first-order chi connectivity index (χ1) is 36.2. The van der Waals surface area contributed by atoms with Crippen LogP contribution >= 0.6 is 23.1 Å². The van der Waals surface area contributed by atoms with Crippen LogP contribution in [0.25, 0.3) is 22.2 Å². The van der Waals surface area contributed by atoms with Crippen LogP contribution in [0.4, 0.5) is 34.5 Å². The first kappa shape index (κ1) is 50.4. The Kier molecular flexibility index (Phi) is 13.9. The van der Waals surface area contributed by atoms with Gasteiger partial charge >= 0.3 is 0 Å². The Hall–Kier alpha value is -6.80. The van der Waals surface area contributed by atoms with Crippen molar-refractivity contribution in [3.63, 3.8) is 0 Å². The Balaban J connectivity index is 0.700. The first-order valence-electron chi connectivity index (χ1n) is 25.6. The maximum absolute atomic E-state index is 13.6. The SMILES string of the molecule is COc1cc(N2CCC(N3CCN(CC4CCN(c5ccc6c(c5)C(=O)N(C5CCC(=O)NC5=O)C6=O)CC4)CC3)CC2)c(-c2cnn(C)c2)cc1Nc1ncc(Br)c(Nc2ccc3nccnc3c2P(C)(C)=O)n1. The molecule has 4 saturated heterocycles. The summed E-state index contributed by atoms with van der Waals surface area (Å²) in [7, 11) is 0.777. The summed E-state index contributed by atoms with van der Waals surface area (Å²) in [4.78, 5) is 80.5. The summed E-state index contributed by atoms with van der Waals surface area (Å²) in [6.07, 6.45) is 13.2. The second kappa shape index (κ2) is 20.7. The highest BCUT2D eigenvalue weighted by molar-refractivity contribution is 9.10. The molecule has 11 rings (SSSR count). The molecule has 6 aromatic rings. The van der Waals surface area contributed by atoms with E-state index in [0.717, 1.165) is 112 Å². The highest BCUT2D eigenvalue weighted by Crippen LogP contribution is 2.44. The Labute approximate surface area is 443 Å². The fourth-order valence-electron chi connectivity index (χ4n) is 11.5. The molecule has 5 aliphatic heterocycles. The molecule has 0 radical (unpaired) electrons. The van der Waals surface area contributed by atoms with Gasteiger partial charge in [-0.25, -0.2) is 4.98 Å². The van der Waals surface area contributed by atoms with Crippen molar-refractivity contribution in [3.8, 4) is 16.9 Å². The highest BCUT2D eigenvalue weighted by Gasteiger charge is 2.45. The number of anilines is 6. The van der Waals surface area contributed by atoms with Crippen LogP contribution < -0.4 is 35.8 Å². The molecular weight excluding hydrogens is 1040 g/mol. The van der Waals surface area contributed by atoms with Crippen LogP contribution in [0.2, 0.25) is 0 Å². The van der Waals surface area contributed by atoms with Gasteiger partial charge in [0, 0.05) is 132 Å². The van der Waals surface area contributed by atoms with Gasteiger partial charge in [0.1, 0.15) is 30.3 Å². The number of nitrogens with zero attached hydrogens (tertiary/aromatic N) is 11. The predicted octanol–water partition coefficient (Wildman–Crippen LogP) is 6.23. The van der Waals surface area contributed by atoms with Crippen molar-refractivity contribution < 1.29 is 28.5 Å². The lowest BCUT2D eigenvalue weighted by Gasteiger charge is -2.44. The fourth-order valence-corrected chi connectivity index (χ4v) is 13.2. The van der Waals surface area contributed by atoms with Crippen molar-refractivity contribution in [1.82, 2.24) is 49.7 Å². The van der Waals surface area contributed by atoms with Gasteiger partial charge in [0.15, 0.2) is 0 Å². The van der Waals surface area contributed by atoms with Crippen LogP contribution in [-0.2, 0) is 21.2 Å². The van der Waals surface area contributed by atoms with Crippen molar-refractivity contribution >= 4 is 97.6 Å². The van der Waals surface area contributed by atoms with E-state index in [1.807, 2.05) is 42.3 Å². The number of rotatable bonds is 13. The van der Waals surface area contributed by atoms with Crippen molar-refractivity contribution in [2.24, 2.45) is 13.0 Å². The molecule has 0 aliphatic carbocycles. The van der Waals surface area contributed by atoms with E-state index < -0.39 is 30.9 Å². The molecule has 3 aromatic heterocycles. The molecule has 20 nitrogen and oxygen atoms in total. The second-order valence-electron chi connectivity index (χ2n) is 20.5. The molecule has 3 N–H and O–H groups in total. The average Bonchev–Trinajstić information content (AvgIpc) is 3.96. The van der Waals surface area contributed by atoms with Crippen molar-refractivity contribution in [2.75, 3.05) is 99.8 Å². The number of piperidine rings is 3. The summed E-state index contributed by atoms with van der Waals surface area (Å²) in [6.45, 7) is 12.2. The molecule has 1 atom stereocenters. The Bertz CT molecular complexity index is 3270. The summed E-state index contributed by atoms with van der Waals surface area (Å²) < 4.78 is 22.1. The number of benzene rings is 3. The average molecular weight is 1100 g/mol. The zero-order valence-corrected chi connectivity index (χ0v) is 44.9. The number of ether oxygens (including phenoxy) is 1. The molecule has 1 unspecified atom stereocenters. The van der Waals surface area contributed by atoms with Crippen molar-refractivity contribution in [2.45, 2.75) is 50.6 Å². The number of carbonyl (C=O) groups excluding carboxylic acids is 4. The summed E-state index contributed by atoms with van der Waals surface area (Å²) >= 11 is 3.62. The van der Waals surface area contributed by atoms with Crippen LogP contribution in [0.1, 0.15) is 59.2 Å². The van der Waals surface area contributed by atoms with Gasteiger partial charge in [-0.3, -0.25) is 48.9 Å². The number of hydrogen-bond donors (Lipinski definition) is 3. The van der Waals surface area contributed by atoms with E-state index in [2.05, 4.69) is 83.7 Å². The van der Waals surface area contributed by atoms with Gasteiger partial charge in [0.2, 0.25) is 17.8 Å². The van der Waals surface area contributed by atoms with E-state index in [9.17, 15) is 23.7 Å². The molecule has 8 heterocycles.